The molecule has 3 nitrogen and oxygen atoms in total. The zero-order valence-corrected chi connectivity index (χ0v) is 12.9. The Labute approximate surface area is 135 Å². The van der Waals surface area contributed by atoms with Gasteiger partial charge in [-0.05, 0) is 36.4 Å². The van der Waals surface area contributed by atoms with Crippen LogP contribution in [0.4, 0.5) is 16.2 Å². The molecule has 0 unspecified atom stereocenters. The van der Waals surface area contributed by atoms with Gasteiger partial charge < -0.3 is 10.6 Å². The van der Waals surface area contributed by atoms with Crippen molar-refractivity contribution in [3.05, 3.63) is 56.5 Å². The molecular formula is C13H8Cl4N2O. The second-order valence-corrected chi connectivity index (χ2v) is 5.47. The summed E-state index contributed by atoms with van der Waals surface area (Å²) >= 11 is 23.3. The third kappa shape index (κ3) is 3.93. The monoisotopic (exact) mass is 348 g/mol. The van der Waals surface area contributed by atoms with Crippen molar-refractivity contribution >= 4 is 63.8 Å². The molecule has 0 saturated carbocycles. The molecule has 2 rings (SSSR count). The number of urea groups is 1. The summed E-state index contributed by atoms with van der Waals surface area (Å²) in [4.78, 5) is 11.8. The number of nitrogens with one attached hydrogen (secondary N) is 2. The fourth-order valence-electron chi connectivity index (χ4n) is 1.44. The Hall–Kier alpha value is -1.13. The number of carbonyl (C=O) groups is 1. The van der Waals surface area contributed by atoms with Crippen LogP contribution in [0.2, 0.25) is 20.1 Å². The van der Waals surface area contributed by atoms with Gasteiger partial charge in [-0.1, -0.05) is 46.4 Å². The van der Waals surface area contributed by atoms with Crippen molar-refractivity contribution in [1.82, 2.24) is 0 Å². The Balaban J connectivity index is 2.04. The van der Waals surface area contributed by atoms with Crippen LogP contribution in [0.5, 0.6) is 0 Å². The van der Waals surface area contributed by atoms with Gasteiger partial charge in [0, 0.05) is 11.4 Å². The predicted molar refractivity (Wildman–Crippen MR) is 85.6 cm³/mol. The second kappa shape index (κ2) is 6.55. The fraction of sp³-hybridized carbons (Fsp3) is 0. The summed E-state index contributed by atoms with van der Waals surface area (Å²) in [5, 5.41) is 6.80. The van der Waals surface area contributed by atoms with Crippen LogP contribution in [0.1, 0.15) is 0 Å². The normalized spacial score (nSPS) is 10.2. The first-order chi connectivity index (χ1) is 9.45. The van der Waals surface area contributed by atoms with E-state index in [-0.39, 0.29) is 0 Å². The topological polar surface area (TPSA) is 41.1 Å². The predicted octanol–water partition coefficient (Wildman–Crippen LogP) is 5.94. The van der Waals surface area contributed by atoms with E-state index in [1.54, 1.807) is 36.4 Å². The minimum absolute atomic E-state index is 0.360. The third-order valence-corrected chi connectivity index (χ3v) is 3.83. The standard InChI is InChI=1S/C13H8Cl4N2O/c14-9-3-1-7(5-11(9)16)18-13(20)19-8-2-4-10(15)12(17)6-8/h1-6H,(H2,18,19,20). The van der Waals surface area contributed by atoms with Gasteiger partial charge in [-0.3, -0.25) is 0 Å². The molecule has 0 bridgehead atoms. The van der Waals surface area contributed by atoms with Crippen molar-refractivity contribution in [2.75, 3.05) is 10.6 Å². The number of hydrogen-bond donors (Lipinski definition) is 2. The first kappa shape index (κ1) is 15.3. The lowest BCUT2D eigenvalue weighted by molar-refractivity contribution is 0.262. The van der Waals surface area contributed by atoms with Gasteiger partial charge in [-0.25, -0.2) is 4.79 Å². The highest BCUT2D eigenvalue weighted by Crippen LogP contribution is 2.26. The highest BCUT2D eigenvalue weighted by Gasteiger charge is 2.06. The summed E-state index contributed by atoms with van der Waals surface area (Å²) < 4.78 is 0. The molecule has 0 aliphatic heterocycles. The summed E-state index contributed by atoms with van der Waals surface area (Å²) in [5.41, 5.74) is 1.05. The maximum Gasteiger partial charge on any atom is 0.323 e. The van der Waals surface area contributed by atoms with Crippen LogP contribution in [-0.2, 0) is 0 Å². The molecule has 2 aromatic carbocycles. The van der Waals surface area contributed by atoms with Gasteiger partial charge in [0.05, 0.1) is 20.1 Å². The first-order valence-electron chi connectivity index (χ1n) is 5.44. The van der Waals surface area contributed by atoms with E-state index in [4.69, 9.17) is 46.4 Å². The van der Waals surface area contributed by atoms with Gasteiger partial charge in [0.15, 0.2) is 0 Å². The summed E-state index contributed by atoms with van der Waals surface area (Å²) in [6.07, 6.45) is 0. The Morgan fingerprint density at radius 1 is 0.700 bits per heavy atom. The van der Waals surface area contributed by atoms with E-state index in [2.05, 4.69) is 10.6 Å². The lowest BCUT2D eigenvalue weighted by atomic mass is 10.3. The maximum atomic E-state index is 11.8. The van der Waals surface area contributed by atoms with Gasteiger partial charge in [0.2, 0.25) is 0 Å². The summed E-state index contributed by atoms with van der Waals surface area (Å²) in [6, 6.07) is 9.15. The summed E-state index contributed by atoms with van der Waals surface area (Å²) in [6.45, 7) is 0. The zero-order chi connectivity index (χ0) is 14.7. The van der Waals surface area contributed by atoms with Gasteiger partial charge >= 0.3 is 6.03 Å². The average molecular weight is 350 g/mol. The largest absolute Gasteiger partial charge is 0.323 e. The van der Waals surface area contributed by atoms with E-state index in [1.807, 2.05) is 0 Å². The molecule has 0 heterocycles. The number of carbonyl (C=O) groups excluding carboxylic acids is 1. The zero-order valence-electron chi connectivity index (χ0n) is 9.88. The van der Waals surface area contributed by atoms with Crippen LogP contribution in [0, 0.1) is 0 Å². The molecule has 0 fully saturated rings. The number of benzene rings is 2. The molecule has 7 heteroatoms. The van der Waals surface area contributed by atoms with Crippen molar-refractivity contribution in [3.8, 4) is 0 Å². The maximum absolute atomic E-state index is 11.8. The number of amides is 2. The Bertz CT molecular complexity index is 605. The van der Waals surface area contributed by atoms with E-state index >= 15 is 0 Å². The molecule has 2 amide bonds. The van der Waals surface area contributed by atoms with Crippen LogP contribution in [0.15, 0.2) is 36.4 Å². The quantitative estimate of drug-likeness (QED) is 0.691. The Morgan fingerprint density at radius 3 is 1.45 bits per heavy atom. The SMILES string of the molecule is O=C(Nc1ccc(Cl)c(Cl)c1)Nc1ccc(Cl)c(Cl)c1. The lowest BCUT2D eigenvalue weighted by Gasteiger charge is -2.09. The second-order valence-electron chi connectivity index (χ2n) is 3.84. The van der Waals surface area contributed by atoms with Crippen molar-refractivity contribution in [1.29, 1.82) is 0 Å². The molecule has 0 aliphatic rings. The van der Waals surface area contributed by atoms with Crippen LogP contribution in [0.25, 0.3) is 0 Å². The van der Waals surface area contributed by atoms with Gasteiger partial charge in [0.25, 0.3) is 0 Å². The van der Waals surface area contributed by atoms with E-state index in [0.29, 0.717) is 31.5 Å². The van der Waals surface area contributed by atoms with Crippen molar-refractivity contribution in [3.63, 3.8) is 0 Å². The third-order valence-electron chi connectivity index (χ3n) is 2.35. The molecule has 2 aromatic rings. The van der Waals surface area contributed by atoms with E-state index < -0.39 is 6.03 Å². The van der Waals surface area contributed by atoms with Crippen LogP contribution in [-0.4, -0.2) is 6.03 Å². The van der Waals surface area contributed by atoms with Gasteiger partial charge in [-0.2, -0.15) is 0 Å². The van der Waals surface area contributed by atoms with Gasteiger partial charge in [0.1, 0.15) is 0 Å². The van der Waals surface area contributed by atoms with Crippen LogP contribution < -0.4 is 10.6 Å². The number of rotatable bonds is 2. The van der Waals surface area contributed by atoms with Crippen molar-refractivity contribution in [2.24, 2.45) is 0 Å². The average Bonchev–Trinajstić information content (AvgIpc) is 2.38. The molecule has 20 heavy (non-hydrogen) atoms. The smallest absolute Gasteiger partial charge is 0.308 e. The molecule has 0 atom stereocenters. The molecule has 0 saturated heterocycles. The highest BCUT2D eigenvalue weighted by atomic mass is 35.5. The van der Waals surface area contributed by atoms with E-state index in [9.17, 15) is 4.79 Å². The van der Waals surface area contributed by atoms with Crippen molar-refractivity contribution < 1.29 is 4.79 Å². The van der Waals surface area contributed by atoms with Crippen molar-refractivity contribution in [2.45, 2.75) is 0 Å². The van der Waals surface area contributed by atoms with E-state index in [1.165, 1.54) is 0 Å². The molecule has 0 radical (unpaired) electrons. The first-order valence-corrected chi connectivity index (χ1v) is 6.95. The minimum Gasteiger partial charge on any atom is -0.308 e. The molecule has 0 aromatic heterocycles. The Morgan fingerprint density at radius 2 is 1.10 bits per heavy atom. The van der Waals surface area contributed by atoms with Crippen LogP contribution >= 0.6 is 46.4 Å². The number of halogens is 4. The molecule has 0 aliphatic carbocycles. The lowest BCUT2D eigenvalue weighted by Crippen LogP contribution is -2.19. The van der Waals surface area contributed by atoms with E-state index in [0.717, 1.165) is 0 Å². The molecule has 2 N–H and O–H groups in total. The Kier molecular flexibility index (Phi) is 5.00. The molecular weight excluding hydrogens is 342 g/mol. The molecule has 104 valence electrons. The van der Waals surface area contributed by atoms with Gasteiger partial charge in [-0.15, -0.1) is 0 Å². The minimum atomic E-state index is -0.429. The number of anilines is 2. The molecule has 0 spiro atoms. The van der Waals surface area contributed by atoms with Crippen LogP contribution in [0.3, 0.4) is 0 Å². The number of hydrogen-bond acceptors (Lipinski definition) is 1. The summed E-state index contributed by atoms with van der Waals surface area (Å²) in [7, 11) is 0. The summed E-state index contributed by atoms with van der Waals surface area (Å²) in [5.74, 6) is 0. The highest BCUT2D eigenvalue weighted by molar-refractivity contribution is 6.42. The fourth-order valence-corrected chi connectivity index (χ4v) is 2.04.